The van der Waals surface area contributed by atoms with E-state index in [1.54, 1.807) is 0 Å². The molecule has 1 aromatic carbocycles. The van der Waals surface area contributed by atoms with Crippen LogP contribution in [0, 0.1) is 0 Å². The topological polar surface area (TPSA) is 47.3 Å². The van der Waals surface area contributed by atoms with Gasteiger partial charge in [0.1, 0.15) is 0 Å². The van der Waals surface area contributed by atoms with Gasteiger partial charge in [0.2, 0.25) is 0 Å². The molecular formula is C15H24N2O. The van der Waals surface area contributed by atoms with Crippen LogP contribution in [0.25, 0.3) is 0 Å². The zero-order chi connectivity index (χ0) is 12.8. The largest absolute Gasteiger partial charge is 0.378 e. The Morgan fingerprint density at radius 1 is 1.39 bits per heavy atom. The summed E-state index contributed by atoms with van der Waals surface area (Å²) in [6.45, 7) is 3.10. The average molecular weight is 248 g/mol. The fourth-order valence-corrected chi connectivity index (χ4v) is 2.60. The molecule has 1 aliphatic heterocycles. The Morgan fingerprint density at radius 3 is 2.72 bits per heavy atom. The third kappa shape index (κ3) is 3.55. The molecule has 1 saturated heterocycles. The molecule has 0 bridgehead atoms. The molecule has 3 nitrogen and oxygen atoms in total. The van der Waals surface area contributed by atoms with Gasteiger partial charge in [-0.25, -0.2) is 0 Å². The van der Waals surface area contributed by atoms with E-state index in [0.29, 0.717) is 6.10 Å². The zero-order valence-electron chi connectivity index (χ0n) is 11.2. The average Bonchev–Trinajstić information content (AvgIpc) is 2.90. The fourth-order valence-electron chi connectivity index (χ4n) is 2.60. The minimum Gasteiger partial charge on any atom is -0.378 e. The summed E-state index contributed by atoms with van der Waals surface area (Å²) in [5, 5.41) is 0. The molecule has 0 spiro atoms. The van der Waals surface area contributed by atoms with Crippen LogP contribution in [0.5, 0.6) is 0 Å². The number of nitrogens with two attached hydrogens (primary N) is 1. The van der Waals surface area contributed by atoms with E-state index in [1.807, 2.05) is 0 Å². The lowest BCUT2D eigenvalue weighted by Crippen LogP contribution is -2.30. The summed E-state index contributed by atoms with van der Waals surface area (Å²) in [4.78, 5) is 0. The first-order chi connectivity index (χ1) is 8.83. The Bertz CT molecular complexity index is 344. The van der Waals surface area contributed by atoms with Crippen molar-refractivity contribution < 1.29 is 4.74 Å². The maximum atomic E-state index is 5.67. The summed E-state index contributed by atoms with van der Waals surface area (Å²) in [7, 11) is 0. The van der Waals surface area contributed by atoms with E-state index in [2.05, 4.69) is 36.6 Å². The highest BCUT2D eigenvalue weighted by Gasteiger charge is 2.21. The second-order valence-electron chi connectivity index (χ2n) is 5.08. The van der Waals surface area contributed by atoms with Gasteiger partial charge in [0.15, 0.2) is 0 Å². The summed E-state index contributed by atoms with van der Waals surface area (Å²) in [6.07, 6.45) is 6.00. The Balaban J connectivity index is 1.97. The lowest BCUT2D eigenvalue weighted by molar-refractivity contribution is 0.0946. The Morgan fingerprint density at radius 2 is 2.17 bits per heavy atom. The van der Waals surface area contributed by atoms with E-state index in [0.717, 1.165) is 25.9 Å². The van der Waals surface area contributed by atoms with Crippen LogP contribution < -0.4 is 11.3 Å². The normalized spacial score (nSPS) is 21.1. The van der Waals surface area contributed by atoms with Gasteiger partial charge in [0.05, 0.1) is 6.10 Å². The third-order valence-electron chi connectivity index (χ3n) is 3.64. The van der Waals surface area contributed by atoms with E-state index in [-0.39, 0.29) is 6.04 Å². The monoisotopic (exact) mass is 248 g/mol. The minimum atomic E-state index is 0.198. The van der Waals surface area contributed by atoms with Crippen LogP contribution in [0.1, 0.15) is 49.8 Å². The second kappa shape index (κ2) is 6.88. The Hall–Kier alpha value is -0.900. The van der Waals surface area contributed by atoms with Crippen molar-refractivity contribution in [1.29, 1.82) is 0 Å². The van der Waals surface area contributed by atoms with Crippen molar-refractivity contribution in [3.05, 3.63) is 35.4 Å². The van der Waals surface area contributed by atoms with Gasteiger partial charge in [-0.3, -0.25) is 11.3 Å². The summed E-state index contributed by atoms with van der Waals surface area (Å²) < 4.78 is 5.67. The molecule has 0 saturated carbocycles. The van der Waals surface area contributed by atoms with Crippen molar-refractivity contribution in [3.63, 3.8) is 0 Å². The van der Waals surface area contributed by atoms with Gasteiger partial charge in [0.25, 0.3) is 0 Å². The highest BCUT2D eigenvalue weighted by molar-refractivity contribution is 5.25. The van der Waals surface area contributed by atoms with Crippen LogP contribution >= 0.6 is 0 Å². The smallest absolute Gasteiger partial charge is 0.0594 e. The third-order valence-corrected chi connectivity index (χ3v) is 3.64. The lowest BCUT2D eigenvalue weighted by atomic mass is 9.98. The minimum absolute atomic E-state index is 0.198. The first kappa shape index (κ1) is 13.5. The molecule has 2 rings (SSSR count). The van der Waals surface area contributed by atoms with Crippen LogP contribution in [0.4, 0.5) is 0 Å². The SMILES string of the molecule is CCCc1ccc(C(CC2CCCO2)NN)cc1. The molecule has 1 heterocycles. The second-order valence-corrected chi connectivity index (χ2v) is 5.08. The van der Waals surface area contributed by atoms with Gasteiger partial charge in [0, 0.05) is 12.6 Å². The zero-order valence-corrected chi connectivity index (χ0v) is 11.2. The van der Waals surface area contributed by atoms with Gasteiger partial charge in [-0.05, 0) is 36.8 Å². The molecule has 0 amide bonds. The van der Waals surface area contributed by atoms with Crippen molar-refractivity contribution in [2.24, 2.45) is 5.84 Å². The molecular weight excluding hydrogens is 224 g/mol. The van der Waals surface area contributed by atoms with E-state index in [4.69, 9.17) is 10.6 Å². The van der Waals surface area contributed by atoms with E-state index in [9.17, 15) is 0 Å². The number of aryl methyl sites for hydroxylation is 1. The molecule has 0 aliphatic carbocycles. The molecule has 1 aromatic rings. The van der Waals surface area contributed by atoms with Crippen LogP contribution in [0.2, 0.25) is 0 Å². The molecule has 3 N–H and O–H groups in total. The Kier molecular flexibility index (Phi) is 5.17. The molecule has 100 valence electrons. The lowest BCUT2D eigenvalue weighted by Gasteiger charge is -2.20. The molecule has 2 atom stereocenters. The van der Waals surface area contributed by atoms with Crippen LogP contribution in [-0.2, 0) is 11.2 Å². The van der Waals surface area contributed by atoms with Gasteiger partial charge < -0.3 is 4.74 Å². The Labute approximate surface area is 110 Å². The number of hydrogen-bond acceptors (Lipinski definition) is 3. The quantitative estimate of drug-likeness (QED) is 0.601. The first-order valence-corrected chi connectivity index (χ1v) is 7.00. The molecule has 3 heteroatoms. The number of rotatable bonds is 6. The van der Waals surface area contributed by atoms with Crippen molar-refractivity contribution in [3.8, 4) is 0 Å². The van der Waals surface area contributed by atoms with E-state index in [1.165, 1.54) is 24.0 Å². The van der Waals surface area contributed by atoms with Crippen molar-refractivity contribution in [2.45, 2.75) is 51.2 Å². The number of nitrogens with one attached hydrogen (secondary N) is 1. The molecule has 0 aromatic heterocycles. The van der Waals surface area contributed by atoms with Gasteiger partial charge in [-0.2, -0.15) is 0 Å². The number of hydrazine groups is 1. The maximum absolute atomic E-state index is 5.67. The highest BCUT2D eigenvalue weighted by Crippen LogP contribution is 2.25. The van der Waals surface area contributed by atoms with E-state index < -0.39 is 0 Å². The van der Waals surface area contributed by atoms with Crippen molar-refractivity contribution in [2.75, 3.05) is 6.61 Å². The van der Waals surface area contributed by atoms with Gasteiger partial charge >= 0.3 is 0 Å². The van der Waals surface area contributed by atoms with Crippen molar-refractivity contribution >= 4 is 0 Å². The summed E-state index contributed by atoms with van der Waals surface area (Å²) in [5.41, 5.74) is 5.57. The molecule has 18 heavy (non-hydrogen) atoms. The summed E-state index contributed by atoms with van der Waals surface area (Å²) in [5.74, 6) is 5.67. The van der Waals surface area contributed by atoms with Crippen LogP contribution in [-0.4, -0.2) is 12.7 Å². The predicted octanol–water partition coefficient (Wildman–Crippen LogP) is 2.71. The summed E-state index contributed by atoms with van der Waals surface area (Å²) >= 11 is 0. The number of benzene rings is 1. The first-order valence-electron chi connectivity index (χ1n) is 7.00. The van der Waals surface area contributed by atoms with Gasteiger partial charge in [-0.15, -0.1) is 0 Å². The fraction of sp³-hybridized carbons (Fsp3) is 0.600. The molecule has 2 unspecified atom stereocenters. The predicted molar refractivity (Wildman–Crippen MR) is 74.1 cm³/mol. The van der Waals surface area contributed by atoms with Crippen LogP contribution in [0.3, 0.4) is 0 Å². The van der Waals surface area contributed by atoms with Gasteiger partial charge in [-0.1, -0.05) is 37.6 Å². The molecule has 0 radical (unpaired) electrons. The summed E-state index contributed by atoms with van der Waals surface area (Å²) in [6, 6.07) is 8.98. The number of ether oxygens (including phenoxy) is 1. The maximum Gasteiger partial charge on any atom is 0.0594 e. The van der Waals surface area contributed by atoms with Crippen molar-refractivity contribution in [1.82, 2.24) is 5.43 Å². The van der Waals surface area contributed by atoms with Crippen LogP contribution in [0.15, 0.2) is 24.3 Å². The van der Waals surface area contributed by atoms with E-state index >= 15 is 0 Å². The molecule has 1 fully saturated rings. The standard InChI is InChI=1S/C15H24N2O/c1-2-4-12-6-8-13(9-7-12)15(17-16)11-14-5-3-10-18-14/h6-9,14-15,17H,2-5,10-11,16H2,1H3. The highest BCUT2D eigenvalue weighted by atomic mass is 16.5. The number of hydrogen-bond donors (Lipinski definition) is 2. The molecule has 1 aliphatic rings.